The Labute approximate surface area is 105 Å². The van der Waals surface area contributed by atoms with E-state index in [0.29, 0.717) is 29.0 Å². The topological polar surface area (TPSA) is 58.9 Å². The third-order valence-corrected chi connectivity index (χ3v) is 2.27. The summed E-state index contributed by atoms with van der Waals surface area (Å²) in [6, 6.07) is 3.50. The second-order valence-electron chi connectivity index (χ2n) is 3.49. The Kier molecular flexibility index (Phi) is 4.09. The highest BCUT2D eigenvalue weighted by Gasteiger charge is 2.15. The molecule has 1 aromatic carbocycles. The average molecular weight is 244 g/mol. The van der Waals surface area contributed by atoms with Crippen LogP contribution in [-0.2, 0) is 0 Å². The molecule has 0 radical (unpaired) electrons. The van der Waals surface area contributed by atoms with Gasteiger partial charge in [-0.2, -0.15) is 0 Å². The number of hydrogen-bond acceptors (Lipinski definition) is 4. The molecule has 18 heavy (non-hydrogen) atoms. The summed E-state index contributed by atoms with van der Waals surface area (Å²) in [5, 5.41) is 17.4. The third-order valence-electron chi connectivity index (χ3n) is 2.27. The molecular weight excluding hydrogens is 232 g/mol. The smallest absolute Gasteiger partial charge is 0.231 e. The van der Waals surface area contributed by atoms with Crippen molar-refractivity contribution in [2.24, 2.45) is 0 Å². The van der Waals surface area contributed by atoms with E-state index in [2.05, 4.69) is 23.7 Å². The fraction of sp³-hybridized carbons (Fsp3) is 0.286. The summed E-state index contributed by atoms with van der Waals surface area (Å²) in [5.41, 5.74) is 1.38. The first-order valence-corrected chi connectivity index (χ1v) is 5.48. The molecule has 0 spiro atoms. The van der Waals surface area contributed by atoms with Crippen LogP contribution in [0.25, 0.3) is 0 Å². The summed E-state index contributed by atoms with van der Waals surface area (Å²) in [6.07, 6.45) is 0.404. The summed E-state index contributed by atoms with van der Waals surface area (Å²) in [7, 11) is 0. The molecule has 0 atom stereocenters. The molecule has 1 heterocycles. The molecule has 0 amide bonds. The van der Waals surface area contributed by atoms with Gasteiger partial charge in [0.15, 0.2) is 11.5 Å². The standard InChI is InChI=1S/C14H12O4/c15-6-2-1-4-11-8-13-14(18-10-17-13)9-12(11)5-3-7-16/h8-9,15-16H,2,6-7,10H2. The van der Waals surface area contributed by atoms with Crippen LogP contribution in [0.2, 0.25) is 0 Å². The summed E-state index contributed by atoms with van der Waals surface area (Å²) < 4.78 is 10.5. The minimum atomic E-state index is -0.210. The maximum Gasteiger partial charge on any atom is 0.231 e. The van der Waals surface area contributed by atoms with Crippen molar-refractivity contribution in [2.75, 3.05) is 20.0 Å². The molecule has 92 valence electrons. The van der Waals surface area contributed by atoms with Crippen LogP contribution in [-0.4, -0.2) is 30.2 Å². The normalized spacial score (nSPS) is 11.2. The van der Waals surface area contributed by atoms with Crippen molar-refractivity contribution < 1.29 is 19.7 Å². The Bertz CT molecular complexity index is 555. The predicted octanol–water partition coefficient (Wildman–Crippen LogP) is 0.493. The highest BCUT2D eigenvalue weighted by Crippen LogP contribution is 2.34. The van der Waals surface area contributed by atoms with E-state index in [4.69, 9.17) is 19.7 Å². The second kappa shape index (κ2) is 5.97. The number of aliphatic hydroxyl groups is 2. The van der Waals surface area contributed by atoms with E-state index in [-0.39, 0.29) is 20.0 Å². The van der Waals surface area contributed by atoms with Crippen molar-refractivity contribution in [1.29, 1.82) is 0 Å². The fourth-order valence-corrected chi connectivity index (χ4v) is 1.50. The van der Waals surface area contributed by atoms with Gasteiger partial charge in [0.1, 0.15) is 6.61 Å². The van der Waals surface area contributed by atoms with Crippen molar-refractivity contribution in [3.05, 3.63) is 23.3 Å². The zero-order valence-electron chi connectivity index (χ0n) is 9.69. The highest BCUT2D eigenvalue weighted by atomic mass is 16.7. The summed E-state index contributed by atoms with van der Waals surface area (Å²) in [4.78, 5) is 0. The number of rotatable bonds is 1. The van der Waals surface area contributed by atoms with E-state index >= 15 is 0 Å². The second-order valence-corrected chi connectivity index (χ2v) is 3.49. The fourth-order valence-electron chi connectivity index (χ4n) is 1.50. The monoisotopic (exact) mass is 244 g/mol. The van der Waals surface area contributed by atoms with Crippen LogP contribution in [0.15, 0.2) is 12.1 Å². The lowest BCUT2D eigenvalue weighted by Gasteiger charge is -2.00. The first-order valence-electron chi connectivity index (χ1n) is 5.48. The van der Waals surface area contributed by atoms with Crippen molar-refractivity contribution in [3.63, 3.8) is 0 Å². The Morgan fingerprint density at radius 3 is 2.17 bits per heavy atom. The van der Waals surface area contributed by atoms with Gasteiger partial charge in [-0.25, -0.2) is 0 Å². The molecule has 1 aliphatic rings. The van der Waals surface area contributed by atoms with E-state index in [1.165, 1.54) is 0 Å². The van der Waals surface area contributed by atoms with Crippen molar-refractivity contribution in [1.82, 2.24) is 0 Å². The Morgan fingerprint density at radius 1 is 1.00 bits per heavy atom. The van der Waals surface area contributed by atoms with Crippen LogP contribution < -0.4 is 9.47 Å². The van der Waals surface area contributed by atoms with Crippen LogP contribution in [0.1, 0.15) is 17.5 Å². The van der Waals surface area contributed by atoms with E-state index in [0.717, 1.165) is 0 Å². The van der Waals surface area contributed by atoms with Gasteiger partial charge >= 0.3 is 0 Å². The van der Waals surface area contributed by atoms with E-state index < -0.39 is 0 Å². The molecule has 0 saturated heterocycles. The molecule has 0 unspecified atom stereocenters. The number of hydrogen-bond donors (Lipinski definition) is 2. The first-order chi connectivity index (χ1) is 8.85. The maximum atomic E-state index is 8.73. The maximum absolute atomic E-state index is 8.73. The lowest BCUT2D eigenvalue weighted by Crippen LogP contribution is -1.92. The molecule has 0 saturated carbocycles. The molecule has 0 fully saturated rings. The van der Waals surface area contributed by atoms with Gasteiger partial charge < -0.3 is 19.7 Å². The third kappa shape index (κ3) is 2.75. The van der Waals surface area contributed by atoms with Crippen LogP contribution in [0, 0.1) is 23.7 Å². The Morgan fingerprint density at radius 2 is 1.61 bits per heavy atom. The van der Waals surface area contributed by atoms with Gasteiger partial charge in [0.2, 0.25) is 6.79 Å². The average Bonchev–Trinajstić information content (AvgIpc) is 2.83. The molecular formula is C14H12O4. The highest BCUT2D eigenvalue weighted by molar-refractivity contribution is 5.59. The largest absolute Gasteiger partial charge is 0.454 e. The van der Waals surface area contributed by atoms with Gasteiger partial charge in [0, 0.05) is 29.7 Å². The molecule has 4 nitrogen and oxygen atoms in total. The molecule has 2 N–H and O–H groups in total. The van der Waals surface area contributed by atoms with Crippen LogP contribution in [0.3, 0.4) is 0 Å². The van der Waals surface area contributed by atoms with Crippen LogP contribution >= 0.6 is 0 Å². The predicted molar refractivity (Wildman–Crippen MR) is 65.1 cm³/mol. The van der Waals surface area contributed by atoms with Crippen molar-refractivity contribution in [2.45, 2.75) is 6.42 Å². The quantitative estimate of drug-likeness (QED) is 0.706. The summed E-state index contributed by atoms with van der Waals surface area (Å²) >= 11 is 0. The van der Waals surface area contributed by atoms with E-state index in [9.17, 15) is 0 Å². The van der Waals surface area contributed by atoms with Gasteiger partial charge in [-0.15, -0.1) is 0 Å². The first kappa shape index (κ1) is 12.3. The van der Waals surface area contributed by atoms with Gasteiger partial charge in [0.05, 0.1) is 6.61 Å². The van der Waals surface area contributed by atoms with E-state index in [1.54, 1.807) is 12.1 Å². The summed E-state index contributed by atoms with van der Waals surface area (Å²) in [5.74, 6) is 12.4. The Hall–Kier alpha value is -2.14. The number of ether oxygens (including phenoxy) is 2. The molecule has 1 aliphatic heterocycles. The zero-order chi connectivity index (χ0) is 12.8. The molecule has 2 rings (SSSR count). The summed E-state index contributed by atoms with van der Waals surface area (Å²) in [6.45, 7) is 0.00286. The van der Waals surface area contributed by atoms with Crippen LogP contribution in [0.4, 0.5) is 0 Å². The Balaban J connectivity index is 2.39. The minimum Gasteiger partial charge on any atom is -0.454 e. The SMILES string of the molecule is OCC#Cc1cc2c(cc1C#CCCO)OCO2. The van der Waals surface area contributed by atoms with Gasteiger partial charge in [-0.1, -0.05) is 23.7 Å². The van der Waals surface area contributed by atoms with Gasteiger partial charge in [-0.05, 0) is 0 Å². The van der Waals surface area contributed by atoms with Gasteiger partial charge in [-0.3, -0.25) is 0 Å². The van der Waals surface area contributed by atoms with Crippen LogP contribution in [0.5, 0.6) is 11.5 Å². The molecule has 0 aliphatic carbocycles. The minimum absolute atomic E-state index is 0.0230. The molecule has 0 bridgehead atoms. The van der Waals surface area contributed by atoms with Crippen molar-refractivity contribution in [3.8, 4) is 35.2 Å². The molecule has 1 aromatic rings. The molecule has 0 aromatic heterocycles. The van der Waals surface area contributed by atoms with Crippen molar-refractivity contribution >= 4 is 0 Å². The number of benzene rings is 1. The number of aliphatic hydroxyl groups excluding tert-OH is 2. The lowest BCUT2D eigenvalue weighted by atomic mass is 10.1. The number of fused-ring (bicyclic) bond motifs is 1. The van der Waals surface area contributed by atoms with E-state index in [1.807, 2.05) is 0 Å². The zero-order valence-corrected chi connectivity index (χ0v) is 9.69. The lowest BCUT2D eigenvalue weighted by molar-refractivity contribution is 0.174. The molecule has 4 heteroatoms. The van der Waals surface area contributed by atoms with Gasteiger partial charge in [0.25, 0.3) is 0 Å².